The third-order valence-electron chi connectivity index (χ3n) is 7.96. The number of benzene rings is 2. The van der Waals surface area contributed by atoms with E-state index in [0.29, 0.717) is 47.5 Å². The number of nitrogens with zero attached hydrogens (tertiary/aromatic N) is 1. The van der Waals surface area contributed by atoms with Gasteiger partial charge in [-0.2, -0.15) is 0 Å². The molecule has 0 saturated carbocycles. The predicted octanol–water partition coefficient (Wildman–Crippen LogP) is 5.71. The highest BCUT2D eigenvalue weighted by atomic mass is 28.4. The Hall–Kier alpha value is -3.11. The Morgan fingerprint density at radius 1 is 1.00 bits per heavy atom. The quantitative estimate of drug-likeness (QED) is 0.283. The summed E-state index contributed by atoms with van der Waals surface area (Å²) in [5, 5.41) is 0.0292. The third kappa shape index (κ3) is 5.49. The molecule has 9 nitrogen and oxygen atoms in total. The molecule has 0 aliphatic carbocycles. The van der Waals surface area contributed by atoms with Gasteiger partial charge in [-0.15, -0.1) is 0 Å². The lowest BCUT2D eigenvalue weighted by Crippen LogP contribution is -2.52. The summed E-state index contributed by atoms with van der Waals surface area (Å²) in [5.74, 6) is 2.25. The highest BCUT2D eigenvalue weighted by molar-refractivity contribution is 6.74. The molecule has 2 aromatic carbocycles. The number of methoxy groups -OCH3 is 3. The molecule has 2 aromatic rings. The Balaban J connectivity index is 1.90. The number of esters is 1. The molecule has 0 bridgehead atoms. The molecule has 0 aromatic heterocycles. The fraction of sp³-hybridized carbons (Fsp3) is 0.552. The SMILES string of the molecule is CCOC(=O)[C@H]1[C@H](CO[Si](C)(C)C(C)(C)C)Cc2cc3c(cc2N1c1cc(OC)c(OC)c(OC)c1)OCO3. The van der Waals surface area contributed by atoms with Gasteiger partial charge in [0.2, 0.25) is 12.5 Å². The van der Waals surface area contributed by atoms with Crippen molar-refractivity contribution in [1.82, 2.24) is 0 Å². The van der Waals surface area contributed by atoms with Gasteiger partial charge in [-0.1, -0.05) is 20.8 Å². The number of anilines is 2. The molecule has 2 heterocycles. The zero-order valence-electron chi connectivity index (χ0n) is 24.5. The van der Waals surface area contributed by atoms with Gasteiger partial charge in [0.1, 0.15) is 6.04 Å². The number of fused-ring (bicyclic) bond motifs is 2. The van der Waals surface area contributed by atoms with Gasteiger partial charge < -0.3 is 37.7 Å². The molecule has 39 heavy (non-hydrogen) atoms. The van der Waals surface area contributed by atoms with Crippen molar-refractivity contribution in [2.24, 2.45) is 5.92 Å². The molecule has 0 unspecified atom stereocenters. The standard InChI is InChI=1S/C29H41NO8Si/c1-10-35-28(31)26-19(16-38-39(8,9)29(2,3)4)11-18-12-22-23(37-17-36-22)15-21(18)30(26)20-13-24(32-5)27(34-7)25(14-20)33-6/h12-15,19,26H,10-11,16-17H2,1-9H3/t19-,26+/m0/s1. The Kier molecular flexibility index (Phi) is 8.27. The van der Waals surface area contributed by atoms with Crippen molar-refractivity contribution in [3.63, 3.8) is 0 Å². The first kappa shape index (κ1) is 28.9. The van der Waals surface area contributed by atoms with E-state index >= 15 is 0 Å². The van der Waals surface area contributed by atoms with Gasteiger partial charge in [-0.25, -0.2) is 4.79 Å². The Labute approximate surface area is 232 Å². The second-order valence-corrected chi connectivity index (χ2v) is 16.1. The van der Waals surface area contributed by atoms with Crippen LogP contribution in [0.1, 0.15) is 33.3 Å². The minimum Gasteiger partial charge on any atom is -0.493 e. The summed E-state index contributed by atoms with van der Waals surface area (Å²) in [6, 6.07) is 6.96. The lowest BCUT2D eigenvalue weighted by molar-refractivity contribution is -0.146. The summed E-state index contributed by atoms with van der Waals surface area (Å²) in [5.41, 5.74) is 2.55. The van der Waals surface area contributed by atoms with Crippen molar-refractivity contribution >= 4 is 25.7 Å². The van der Waals surface area contributed by atoms with Crippen LogP contribution in [-0.2, 0) is 20.4 Å². The summed E-state index contributed by atoms with van der Waals surface area (Å²) >= 11 is 0. The molecule has 0 fully saturated rings. The lowest BCUT2D eigenvalue weighted by Gasteiger charge is -2.44. The zero-order valence-corrected chi connectivity index (χ0v) is 25.5. The number of hydrogen-bond acceptors (Lipinski definition) is 9. The van der Waals surface area contributed by atoms with E-state index in [-0.39, 0.29) is 30.3 Å². The van der Waals surface area contributed by atoms with Crippen LogP contribution >= 0.6 is 0 Å². The van der Waals surface area contributed by atoms with E-state index in [9.17, 15) is 4.79 Å². The van der Waals surface area contributed by atoms with E-state index in [0.717, 1.165) is 11.3 Å². The topological polar surface area (TPSA) is 84.9 Å². The third-order valence-corrected chi connectivity index (χ3v) is 12.5. The molecule has 2 aliphatic rings. The molecule has 214 valence electrons. The van der Waals surface area contributed by atoms with Crippen LogP contribution < -0.4 is 28.6 Å². The van der Waals surface area contributed by atoms with E-state index < -0.39 is 14.4 Å². The maximum atomic E-state index is 13.7. The van der Waals surface area contributed by atoms with Crippen molar-refractivity contribution < 1.29 is 37.6 Å². The summed E-state index contributed by atoms with van der Waals surface area (Å²) in [7, 11) is 2.61. The van der Waals surface area contributed by atoms with E-state index in [4.69, 9.17) is 32.8 Å². The van der Waals surface area contributed by atoms with Crippen molar-refractivity contribution in [2.75, 3.05) is 46.2 Å². The van der Waals surface area contributed by atoms with E-state index in [1.165, 1.54) is 0 Å². The molecule has 10 heteroatoms. The zero-order chi connectivity index (χ0) is 28.5. The van der Waals surface area contributed by atoms with Gasteiger partial charge in [-0.05, 0) is 43.1 Å². The minimum atomic E-state index is -2.10. The van der Waals surface area contributed by atoms with Crippen molar-refractivity contribution in [3.05, 3.63) is 29.8 Å². The number of rotatable bonds is 9. The van der Waals surface area contributed by atoms with Crippen molar-refractivity contribution in [2.45, 2.75) is 58.3 Å². The van der Waals surface area contributed by atoms with Crippen LogP contribution in [0.4, 0.5) is 11.4 Å². The van der Waals surface area contributed by atoms with Crippen LogP contribution in [0.25, 0.3) is 0 Å². The first-order valence-corrected chi connectivity index (χ1v) is 16.2. The number of hydrogen-bond donors (Lipinski definition) is 0. The van der Waals surface area contributed by atoms with E-state index in [1.807, 2.05) is 36.1 Å². The average molecular weight is 560 g/mol. The summed E-state index contributed by atoms with van der Waals surface area (Å²) in [6.45, 7) is 13.7. The predicted molar refractivity (Wildman–Crippen MR) is 152 cm³/mol. The second kappa shape index (κ2) is 11.2. The molecular weight excluding hydrogens is 518 g/mol. The summed E-state index contributed by atoms with van der Waals surface area (Å²) < 4.78 is 40.7. The van der Waals surface area contributed by atoms with Crippen LogP contribution in [0.3, 0.4) is 0 Å². The molecular formula is C29H41NO8Si. The smallest absolute Gasteiger partial charge is 0.329 e. The molecule has 0 N–H and O–H groups in total. The highest BCUT2D eigenvalue weighted by Crippen LogP contribution is 2.50. The molecule has 2 atom stereocenters. The number of carbonyl (C=O) groups is 1. The fourth-order valence-electron chi connectivity index (χ4n) is 4.83. The molecule has 0 spiro atoms. The van der Waals surface area contributed by atoms with Gasteiger partial charge in [0.25, 0.3) is 0 Å². The fourth-order valence-corrected chi connectivity index (χ4v) is 5.89. The normalized spacial score (nSPS) is 18.4. The van der Waals surface area contributed by atoms with Crippen LogP contribution in [0, 0.1) is 5.92 Å². The second-order valence-electron chi connectivity index (χ2n) is 11.3. The van der Waals surface area contributed by atoms with Crippen LogP contribution in [0.15, 0.2) is 24.3 Å². The van der Waals surface area contributed by atoms with Crippen LogP contribution in [0.2, 0.25) is 18.1 Å². The Morgan fingerprint density at radius 2 is 1.62 bits per heavy atom. The van der Waals surface area contributed by atoms with Gasteiger partial charge in [0, 0.05) is 42.1 Å². The van der Waals surface area contributed by atoms with Gasteiger partial charge in [0.05, 0.1) is 27.9 Å². The largest absolute Gasteiger partial charge is 0.493 e. The van der Waals surface area contributed by atoms with Crippen LogP contribution in [-0.4, -0.2) is 61.7 Å². The molecule has 4 rings (SSSR count). The molecule has 2 aliphatic heterocycles. The highest BCUT2D eigenvalue weighted by Gasteiger charge is 2.45. The van der Waals surface area contributed by atoms with Crippen LogP contribution in [0.5, 0.6) is 28.7 Å². The minimum absolute atomic E-state index is 0.0292. The summed E-state index contributed by atoms with van der Waals surface area (Å²) in [6.07, 6.45) is 0.616. The first-order valence-electron chi connectivity index (χ1n) is 13.3. The van der Waals surface area contributed by atoms with E-state index in [1.54, 1.807) is 21.3 Å². The maximum absolute atomic E-state index is 13.7. The van der Waals surface area contributed by atoms with E-state index in [2.05, 4.69) is 33.9 Å². The monoisotopic (exact) mass is 559 g/mol. The first-order chi connectivity index (χ1) is 18.4. The van der Waals surface area contributed by atoms with Gasteiger partial charge in [0.15, 0.2) is 31.3 Å². The number of ether oxygens (including phenoxy) is 6. The summed E-state index contributed by atoms with van der Waals surface area (Å²) in [4.78, 5) is 15.7. The van der Waals surface area contributed by atoms with Gasteiger partial charge >= 0.3 is 5.97 Å². The lowest BCUT2D eigenvalue weighted by atomic mass is 9.85. The maximum Gasteiger partial charge on any atom is 0.329 e. The number of carbonyl (C=O) groups excluding carboxylic acids is 1. The molecule has 0 saturated heterocycles. The molecule has 0 radical (unpaired) electrons. The van der Waals surface area contributed by atoms with Crippen molar-refractivity contribution in [3.8, 4) is 28.7 Å². The van der Waals surface area contributed by atoms with Gasteiger partial charge in [-0.3, -0.25) is 0 Å². The molecule has 0 amide bonds. The van der Waals surface area contributed by atoms with Crippen molar-refractivity contribution in [1.29, 1.82) is 0 Å². The Bertz CT molecular complexity index is 1180. The average Bonchev–Trinajstić information content (AvgIpc) is 3.35. The Morgan fingerprint density at radius 3 is 2.15 bits per heavy atom.